The van der Waals surface area contributed by atoms with Gasteiger partial charge in [-0.1, -0.05) is 17.7 Å². The topological polar surface area (TPSA) is 51.2 Å². The first kappa shape index (κ1) is 12.0. The number of benzene rings is 1. The number of rotatable bonds is 5. The Morgan fingerprint density at radius 3 is 2.88 bits per heavy atom. The van der Waals surface area contributed by atoms with Gasteiger partial charge in [0, 0.05) is 19.5 Å². The van der Waals surface area contributed by atoms with E-state index in [4.69, 9.17) is 21.8 Å². The summed E-state index contributed by atoms with van der Waals surface area (Å²) in [5.41, 5.74) is 7.39. The Bertz CT molecular complexity index is 468. The monoisotopic (exact) mass is 250 g/mol. The molecule has 0 fully saturated rings. The third kappa shape index (κ3) is 3.51. The molecule has 0 saturated heterocycles. The number of nitrogen functional groups attached to an aromatic ring is 1. The first-order valence-electron chi connectivity index (χ1n) is 5.53. The van der Waals surface area contributed by atoms with Crippen molar-refractivity contribution < 1.29 is 4.42 Å². The van der Waals surface area contributed by atoms with Gasteiger partial charge >= 0.3 is 0 Å². The van der Waals surface area contributed by atoms with Crippen molar-refractivity contribution in [2.75, 3.05) is 12.3 Å². The van der Waals surface area contributed by atoms with Gasteiger partial charge in [0.25, 0.3) is 0 Å². The molecular weight excluding hydrogens is 236 g/mol. The maximum atomic E-state index is 5.94. The molecule has 4 heteroatoms. The van der Waals surface area contributed by atoms with Crippen LogP contribution in [0.25, 0.3) is 0 Å². The molecule has 1 heterocycles. The summed E-state index contributed by atoms with van der Waals surface area (Å²) < 4.78 is 5.24. The van der Waals surface area contributed by atoms with Gasteiger partial charge < -0.3 is 15.5 Å². The summed E-state index contributed by atoms with van der Waals surface area (Å²) in [6.07, 6.45) is 2.57. The molecule has 0 spiro atoms. The van der Waals surface area contributed by atoms with Crippen LogP contribution in [-0.4, -0.2) is 6.54 Å². The molecule has 1 aromatic heterocycles. The Hall–Kier alpha value is -1.45. The molecule has 90 valence electrons. The first-order valence-corrected chi connectivity index (χ1v) is 5.90. The third-order valence-electron chi connectivity index (χ3n) is 2.52. The third-order valence-corrected chi connectivity index (χ3v) is 2.85. The van der Waals surface area contributed by atoms with Gasteiger partial charge in [-0.2, -0.15) is 0 Å². The summed E-state index contributed by atoms with van der Waals surface area (Å²) in [4.78, 5) is 0. The zero-order valence-electron chi connectivity index (χ0n) is 9.45. The lowest BCUT2D eigenvalue weighted by molar-refractivity contribution is 0.499. The predicted octanol–water partition coefficient (Wildman–Crippen LogP) is 2.85. The van der Waals surface area contributed by atoms with Crippen LogP contribution in [0, 0.1) is 0 Å². The molecule has 0 aliphatic rings. The van der Waals surface area contributed by atoms with E-state index >= 15 is 0 Å². The number of furan rings is 1. The van der Waals surface area contributed by atoms with Crippen LogP contribution < -0.4 is 11.1 Å². The van der Waals surface area contributed by atoms with E-state index in [9.17, 15) is 0 Å². The molecule has 0 radical (unpaired) electrons. The smallest absolute Gasteiger partial charge is 0.105 e. The van der Waals surface area contributed by atoms with Crippen molar-refractivity contribution >= 4 is 17.3 Å². The Balaban J connectivity index is 1.76. The lowest BCUT2D eigenvalue weighted by atomic mass is 10.2. The van der Waals surface area contributed by atoms with E-state index in [1.165, 1.54) is 0 Å². The number of hydrogen-bond acceptors (Lipinski definition) is 3. The number of hydrogen-bond donors (Lipinski definition) is 2. The molecule has 3 nitrogen and oxygen atoms in total. The molecule has 3 N–H and O–H groups in total. The van der Waals surface area contributed by atoms with Gasteiger partial charge in [0.05, 0.1) is 17.0 Å². The lowest BCUT2D eigenvalue weighted by Gasteiger charge is -2.05. The minimum atomic E-state index is 0.607. The average Bonchev–Trinajstić information content (AvgIpc) is 2.82. The SMILES string of the molecule is Nc1ccc(CNCCc2ccco2)cc1Cl. The van der Waals surface area contributed by atoms with Gasteiger partial charge in [0.15, 0.2) is 0 Å². The second-order valence-electron chi connectivity index (χ2n) is 3.86. The minimum absolute atomic E-state index is 0.607. The summed E-state index contributed by atoms with van der Waals surface area (Å²) in [7, 11) is 0. The molecular formula is C13H15ClN2O. The maximum Gasteiger partial charge on any atom is 0.105 e. The number of halogens is 1. The molecule has 1 aromatic carbocycles. The molecule has 0 bridgehead atoms. The molecule has 2 aromatic rings. The Morgan fingerprint density at radius 1 is 1.29 bits per heavy atom. The van der Waals surface area contributed by atoms with Crippen LogP contribution in [0.1, 0.15) is 11.3 Å². The lowest BCUT2D eigenvalue weighted by Crippen LogP contribution is -2.16. The highest BCUT2D eigenvalue weighted by molar-refractivity contribution is 6.33. The van der Waals surface area contributed by atoms with Crippen molar-refractivity contribution in [3.8, 4) is 0 Å². The summed E-state index contributed by atoms with van der Waals surface area (Å²) in [5, 5.41) is 3.93. The van der Waals surface area contributed by atoms with Crippen LogP contribution in [0.3, 0.4) is 0 Å². The molecule has 0 aliphatic carbocycles. The van der Waals surface area contributed by atoms with E-state index in [0.717, 1.165) is 30.8 Å². The normalized spacial score (nSPS) is 10.6. The van der Waals surface area contributed by atoms with Crippen LogP contribution in [0.5, 0.6) is 0 Å². The number of nitrogens with one attached hydrogen (secondary N) is 1. The summed E-state index contributed by atoms with van der Waals surface area (Å²) >= 11 is 5.94. The second kappa shape index (κ2) is 5.75. The predicted molar refractivity (Wildman–Crippen MR) is 70.0 cm³/mol. The van der Waals surface area contributed by atoms with E-state index in [2.05, 4.69) is 5.32 Å². The zero-order chi connectivity index (χ0) is 12.1. The van der Waals surface area contributed by atoms with Gasteiger partial charge in [-0.3, -0.25) is 0 Å². The van der Waals surface area contributed by atoms with Crippen LogP contribution in [-0.2, 0) is 13.0 Å². The van der Waals surface area contributed by atoms with Gasteiger partial charge in [-0.05, 0) is 29.8 Å². The summed E-state index contributed by atoms with van der Waals surface area (Å²) in [6.45, 7) is 1.65. The van der Waals surface area contributed by atoms with Crippen LogP contribution in [0.2, 0.25) is 5.02 Å². The highest BCUT2D eigenvalue weighted by atomic mass is 35.5. The number of anilines is 1. The van der Waals surface area contributed by atoms with E-state index in [0.29, 0.717) is 10.7 Å². The highest BCUT2D eigenvalue weighted by Gasteiger charge is 1.99. The first-order chi connectivity index (χ1) is 8.25. The summed E-state index contributed by atoms with van der Waals surface area (Å²) in [5.74, 6) is 0.993. The van der Waals surface area contributed by atoms with Crippen molar-refractivity contribution in [3.05, 3.63) is 52.9 Å². The van der Waals surface area contributed by atoms with E-state index in [1.807, 2.05) is 30.3 Å². The Labute approximate surface area is 106 Å². The number of nitrogens with two attached hydrogens (primary N) is 1. The van der Waals surface area contributed by atoms with Crippen molar-refractivity contribution in [2.24, 2.45) is 0 Å². The average molecular weight is 251 g/mol. The van der Waals surface area contributed by atoms with Crippen LogP contribution in [0.4, 0.5) is 5.69 Å². The van der Waals surface area contributed by atoms with Gasteiger partial charge in [-0.25, -0.2) is 0 Å². The van der Waals surface area contributed by atoms with E-state index in [-0.39, 0.29) is 0 Å². The molecule has 0 unspecified atom stereocenters. The largest absolute Gasteiger partial charge is 0.469 e. The van der Waals surface area contributed by atoms with E-state index < -0.39 is 0 Å². The standard InChI is InChI=1S/C13H15ClN2O/c14-12-8-10(3-4-13(12)15)9-16-6-5-11-2-1-7-17-11/h1-4,7-8,16H,5-6,9,15H2. The zero-order valence-corrected chi connectivity index (χ0v) is 10.2. The maximum absolute atomic E-state index is 5.94. The summed E-state index contributed by atoms with van der Waals surface area (Å²) in [6, 6.07) is 9.56. The van der Waals surface area contributed by atoms with Crippen molar-refractivity contribution in [1.82, 2.24) is 5.32 Å². The van der Waals surface area contributed by atoms with Crippen molar-refractivity contribution in [3.63, 3.8) is 0 Å². The van der Waals surface area contributed by atoms with Crippen LogP contribution in [0.15, 0.2) is 41.0 Å². The second-order valence-corrected chi connectivity index (χ2v) is 4.27. The van der Waals surface area contributed by atoms with Crippen molar-refractivity contribution in [1.29, 1.82) is 0 Å². The molecule has 0 saturated carbocycles. The molecule has 0 amide bonds. The van der Waals surface area contributed by atoms with Gasteiger partial charge in [-0.15, -0.1) is 0 Å². The molecule has 17 heavy (non-hydrogen) atoms. The fourth-order valence-electron chi connectivity index (χ4n) is 1.58. The quantitative estimate of drug-likeness (QED) is 0.634. The van der Waals surface area contributed by atoms with E-state index in [1.54, 1.807) is 6.26 Å². The van der Waals surface area contributed by atoms with Gasteiger partial charge in [0.1, 0.15) is 5.76 Å². The highest BCUT2D eigenvalue weighted by Crippen LogP contribution is 2.19. The fraction of sp³-hybridized carbons (Fsp3) is 0.231. The van der Waals surface area contributed by atoms with Crippen molar-refractivity contribution in [2.45, 2.75) is 13.0 Å². The van der Waals surface area contributed by atoms with Gasteiger partial charge in [0.2, 0.25) is 0 Å². The minimum Gasteiger partial charge on any atom is -0.469 e. The van der Waals surface area contributed by atoms with Crippen LogP contribution >= 0.6 is 11.6 Å². The molecule has 2 rings (SSSR count). The fourth-order valence-corrected chi connectivity index (χ4v) is 1.78. The molecule has 0 aliphatic heterocycles. The Kier molecular flexibility index (Phi) is 4.07. The Morgan fingerprint density at radius 2 is 2.18 bits per heavy atom. The molecule has 0 atom stereocenters.